The molecule has 3 fully saturated rings. The van der Waals surface area contributed by atoms with E-state index in [9.17, 15) is 38.4 Å². The van der Waals surface area contributed by atoms with Crippen molar-refractivity contribution in [3.63, 3.8) is 0 Å². The summed E-state index contributed by atoms with van der Waals surface area (Å²) in [6.07, 6.45) is 1.99. The minimum atomic E-state index is -1.63. The Morgan fingerprint density at radius 1 is 1.18 bits per heavy atom. The van der Waals surface area contributed by atoms with Gasteiger partial charge in [0.25, 0.3) is 0 Å². The Bertz CT molecular complexity index is 1220. The number of aliphatic hydroxyl groups is 4. The number of benzene rings is 1. The van der Waals surface area contributed by atoms with Crippen molar-refractivity contribution >= 4 is 17.7 Å². The molecule has 1 saturated heterocycles. The lowest BCUT2D eigenvalue weighted by molar-refractivity contribution is -0.180. The van der Waals surface area contributed by atoms with E-state index in [0.717, 1.165) is 60.7 Å². The number of nitrogens with one attached hydrogen (secondary N) is 1. The van der Waals surface area contributed by atoms with Gasteiger partial charge in [-0.05, 0) is 43.7 Å². The van der Waals surface area contributed by atoms with Gasteiger partial charge in [0.15, 0.2) is 17.5 Å². The molecule has 2 aliphatic carbocycles. The number of carbonyl (C=O) groups excluding carboxylic acids is 1. The normalized spacial score (nSPS) is 30.1. The number of ether oxygens (including phenoxy) is 1. The van der Waals surface area contributed by atoms with Gasteiger partial charge < -0.3 is 30.5 Å². The van der Waals surface area contributed by atoms with Gasteiger partial charge in [-0.2, -0.15) is 0 Å². The van der Waals surface area contributed by atoms with Gasteiger partial charge in [0.05, 0.1) is 18.4 Å². The average Bonchev–Trinajstić information content (AvgIpc) is 3.53. The minimum absolute atomic E-state index is 0.0456. The monoisotopic (exact) mass is 586 g/mol. The van der Waals surface area contributed by atoms with Crippen LogP contribution in [0.15, 0.2) is 18.3 Å². The number of hydrogen-bond acceptors (Lipinski definition) is 9. The first-order valence-corrected chi connectivity index (χ1v) is 14.3. The number of rotatable bonds is 8. The summed E-state index contributed by atoms with van der Waals surface area (Å²) in [6.45, 7) is 0.754. The topological polar surface area (TPSA) is 150 Å². The third-order valence-corrected chi connectivity index (χ3v) is 10.2. The molecule has 14 heteroatoms. The summed E-state index contributed by atoms with van der Waals surface area (Å²) in [5.41, 5.74) is -2.55. The molecule has 2 heterocycles. The first-order chi connectivity index (χ1) is 19.0. The molecule has 5 N–H and O–H groups in total. The van der Waals surface area contributed by atoms with Gasteiger partial charge in [-0.25, -0.2) is 17.9 Å². The second-order valence-electron chi connectivity index (χ2n) is 10.9. The molecule has 5 rings (SSSR count). The van der Waals surface area contributed by atoms with Crippen LogP contribution in [0.4, 0.5) is 13.2 Å². The van der Waals surface area contributed by atoms with Gasteiger partial charge in [0.2, 0.25) is 5.91 Å². The van der Waals surface area contributed by atoms with Crippen LogP contribution in [-0.2, 0) is 9.53 Å². The van der Waals surface area contributed by atoms with Gasteiger partial charge in [-0.1, -0.05) is 36.2 Å². The van der Waals surface area contributed by atoms with Gasteiger partial charge in [0.1, 0.15) is 40.4 Å². The lowest BCUT2D eigenvalue weighted by atomic mass is 9.71. The van der Waals surface area contributed by atoms with Crippen molar-refractivity contribution in [3.05, 3.63) is 35.8 Å². The first kappa shape index (κ1) is 29.3. The zero-order chi connectivity index (χ0) is 28.8. The molecule has 6 atom stereocenters. The molecular formula is C26H33F3N4O6S. The Labute approximate surface area is 232 Å². The molecule has 0 unspecified atom stereocenters. The molecule has 220 valence electrons. The van der Waals surface area contributed by atoms with Crippen LogP contribution >= 0.6 is 11.8 Å². The molecule has 0 spiro atoms. The summed E-state index contributed by atoms with van der Waals surface area (Å²) in [7, 11) is 0. The Morgan fingerprint density at radius 3 is 2.38 bits per heavy atom. The summed E-state index contributed by atoms with van der Waals surface area (Å²) < 4.78 is 48.1. The number of halogens is 3. The maximum absolute atomic E-state index is 13.8. The summed E-state index contributed by atoms with van der Waals surface area (Å²) >= 11 is 1.08. The number of aliphatic hydroxyl groups excluding tert-OH is 3. The van der Waals surface area contributed by atoms with E-state index >= 15 is 0 Å². The van der Waals surface area contributed by atoms with Gasteiger partial charge in [-0.15, -0.1) is 5.10 Å². The van der Waals surface area contributed by atoms with Crippen molar-refractivity contribution < 1.29 is 43.1 Å². The van der Waals surface area contributed by atoms with Crippen molar-refractivity contribution in [3.8, 4) is 11.3 Å². The third-order valence-electron chi connectivity index (χ3n) is 8.41. The minimum Gasteiger partial charge on any atom is -0.394 e. The van der Waals surface area contributed by atoms with Crippen LogP contribution in [-0.4, -0.2) is 82.2 Å². The molecule has 0 bridgehead atoms. The maximum atomic E-state index is 13.8. The Balaban J connectivity index is 1.49. The molecule has 1 amide bonds. The smallest absolute Gasteiger partial charge is 0.218 e. The van der Waals surface area contributed by atoms with Crippen LogP contribution in [0.25, 0.3) is 11.3 Å². The van der Waals surface area contributed by atoms with Crippen molar-refractivity contribution in [2.75, 3.05) is 6.61 Å². The van der Waals surface area contributed by atoms with E-state index in [-0.39, 0.29) is 23.1 Å². The molecule has 3 aliphatic rings. The zero-order valence-corrected chi connectivity index (χ0v) is 22.7. The standard InChI is InChI=1S/C26H33F3N4O6S/c1-13(35)30-26(15-5-4-6-15,25(38)7-2-3-8-25)40-24-23(37)21(22(36)19(12-34)39-24)33-11-18(31-32-33)14-9-16(27)20(29)17(28)10-14/h9-11,15,19,21-24,34,36-38H,2-8,12H2,1H3,(H,30,35)/t19-,21+,22+,23-,24+,26+/m1/s1. The highest BCUT2D eigenvalue weighted by atomic mass is 32.2. The second kappa shape index (κ2) is 11.2. The fourth-order valence-electron chi connectivity index (χ4n) is 6.16. The van der Waals surface area contributed by atoms with Crippen LogP contribution in [0.3, 0.4) is 0 Å². The zero-order valence-electron chi connectivity index (χ0n) is 21.8. The molecule has 2 saturated carbocycles. The summed E-state index contributed by atoms with van der Waals surface area (Å²) in [4.78, 5) is 11.3. The molecule has 1 aromatic heterocycles. The van der Waals surface area contributed by atoms with E-state index in [1.54, 1.807) is 0 Å². The van der Waals surface area contributed by atoms with Crippen LogP contribution in [0.5, 0.6) is 0 Å². The van der Waals surface area contributed by atoms with Crippen LogP contribution in [0.2, 0.25) is 0 Å². The van der Waals surface area contributed by atoms with Crippen molar-refractivity contribution in [1.29, 1.82) is 0 Å². The SMILES string of the molecule is CC(=O)N[C@](S[C@@H]1O[C@H](CO)[C@H](O)[C@H](n2cc(-c3cc(F)c(F)c(F)c3)nn2)[C@H]1O)(C1CCC1)C1(O)CCCC1. The molecule has 1 aromatic carbocycles. The van der Waals surface area contributed by atoms with Crippen molar-refractivity contribution in [1.82, 2.24) is 20.3 Å². The first-order valence-electron chi connectivity index (χ1n) is 13.4. The van der Waals surface area contributed by atoms with E-state index in [0.29, 0.717) is 12.8 Å². The van der Waals surface area contributed by atoms with E-state index in [2.05, 4.69) is 15.6 Å². The van der Waals surface area contributed by atoms with Crippen LogP contribution < -0.4 is 5.32 Å². The fraction of sp³-hybridized carbons (Fsp3) is 0.654. The molecule has 10 nitrogen and oxygen atoms in total. The number of carbonyl (C=O) groups is 1. The summed E-state index contributed by atoms with van der Waals surface area (Å²) in [5, 5.41) is 55.3. The van der Waals surface area contributed by atoms with Crippen molar-refractivity contribution in [2.45, 2.75) is 92.1 Å². The second-order valence-corrected chi connectivity index (χ2v) is 12.3. The Kier molecular flexibility index (Phi) is 8.21. The number of aromatic nitrogens is 3. The van der Waals surface area contributed by atoms with E-state index < -0.39 is 64.3 Å². The summed E-state index contributed by atoms with van der Waals surface area (Å²) in [5.74, 6) is -4.90. The van der Waals surface area contributed by atoms with Gasteiger partial charge in [-0.3, -0.25) is 4.79 Å². The Hall–Kier alpha value is -2.23. The molecule has 2 aromatic rings. The highest BCUT2D eigenvalue weighted by Gasteiger charge is 2.61. The molecule has 1 aliphatic heterocycles. The van der Waals surface area contributed by atoms with E-state index in [1.807, 2.05) is 0 Å². The van der Waals surface area contributed by atoms with E-state index in [4.69, 9.17) is 4.74 Å². The number of amides is 1. The average molecular weight is 587 g/mol. The van der Waals surface area contributed by atoms with E-state index in [1.165, 1.54) is 13.1 Å². The third kappa shape index (κ3) is 5.02. The summed E-state index contributed by atoms with van der Waals surface area (Å²) in [6, 6.07) is 0.276. The number of nitrogens with zero attached hydrogens (tertiary/aromatic N) is 3. The lowest BCUT2D eigenvalue weighted by Crippen LogP contribution is -2.68. The number of thioether (sulfide) groups is 1. The predicted octanol–water partition coefficient (Wildman–Crippen LogP) is 2.01. The van der Waals surface area contributed by atoms with Crippen LogP contribution in [0, 0.1) is 23.4 Å². The largest absolute Gasteiger partial charge is 0.394 e. The fourth-order valence-corrected chi connectivity index (χ4v) is 8.08. The molecule has 0 radical (unpaired) electrons. The predicted molar refractivity (Wildman–Crippen MR) is 137 cm³/mol. The molecular weight excluding hydrogens is 553 g/mol. The van der Waals surface area contributed by atoms with Gasteiger partial charge >= 0.3 is 0 Å². The quantitative estimate of drug-likeness (QED) is 0.231. The lowest BCUT2D eigenvalue weighted by Gasteiger charge is -2.55. The number of hydrogen-bond donors (Lipinski definition) is 5. The van der Waals surface area contributed by atoms with Crippen LogP contribution in [0.1, 0.15) is 57.9 Å². The Morgan fingerprint density at radius 2 is 1.82 bits per heavy atom. The highest BCUT2D eigenvalue weighted by molar-refractivity contribution is 8.01. The van der Waals surface area contributed by atoms with Crippen molar-refractivity contribution in [2.24, 2.45) is 5.92 Å². The molecule has 40 heavy (non-hydrogen) atoms. The van der Waals surface area contributed by atoms with Gasteiger partial charge in [0, 0.05) is 12.5 Å². The maximum Gasteiger partial charge on any atom is 0.218 e. The highest BCUT2D eigenvalue weighted by Crippen LogP contribution is 2.56.